The van der Waals surface area contributed by atoms with Crippen LogP contribution in [0.1, 0.15) is 6.92 Å². The van der Waals surface area contributed by atoms with Crippen molar-refractivity contribution in [3.63, 3.8) is 0 Å². The average molecular weight is 294 g/mol. The molecule has 82 valence electrons. The van der Waals surface area contributed by atoms with E-state index in [9.17, 15) is 4.79 Å². The molecule has 0 fully saturated rings. The lowest BCUT2D eigenvalue weighted by atomic mass is 10.3. The van der Waals surface area contributed by atoms with Crippen molar-refractivity contribution in [2.24, 2.45) is 0 Å². The van der Waals surface area contributed by atoms with Crippen LogP contribution in [0.2, 0.25) is 5.02 Å². The number of ether oxygens (including phenoxy) is 2. The van der Waals surface area contributed by atoms with Gasteiger partial charge >= 0.3 is 5.97 Å². The van der Waals surface area contributed by atoms with Crippen molar-refractivity contribution in [3.8, 4) is 5.75 Å². The first-order valence-corrected chi connectivity index (χ1v) is 5.41. The molecule has 15 heavy (non-hydrogen) atoms. The molecule has 0 N–H and O–H groups in total. The highest BCUT2D eigenvalue weighted by Gasteiger charge is 2.15. The quantitative estimate of drug-likeness (QED) is 0.804. The van der Waals surface area contributed by atoms with Crippen molar-refractivity contribution >= 4 is 33.5 Å². The van der Waals surface area contributed by atoms with Gasteiger partial charge in [0.05, 0.1) is 11.6 Å². The summed E-state index contributed by atoms with van der Waals surface area (Å²) in [5.74, 6) is 0.133. The van der Waals surface area contributed by atoms with E-state index in [2.05, 4.69) is 20.7 Å². The number of halogens is 2. The summed E-state index contributed by atoms with van der Waals surface area (Å²) in [5.41, 5.74) is 0. The summed E-state index contributed by atoms with van der Waals surface area (Å²) in [6.45, 7) is 1.62. The van der Waals surface area contributed by atoms with Gasteiger partial charge in [-0.15, -0.1) is 0 Å². The molecule has 0 saturated carbocycles. The highest BCUT2D eigenvalue weighted by molar-refractivity contribution is 9.10. The van der Waals surface area contributed by atoms with E-state index in [-0.39, 0.29) is 0 Å². The van der Waals surface area contributed by atoms with Crippen LogP contribution in [0, 0.1) is 0 Å². The van der Waals surface area contributed by atoms with Crippen LogP contribution in [0.4, 0.5) is 0 Å². The molecule has 3 nitrogen and oxygen atoms in total. The molecular weight excluding hydrogens is 283 g/mol. The van der Waals surface area contributed by atoms with Gasteiger partial charge in [-0.2, -0.15) is 0 Å². The van der Waals surface area contributed by atoms with E-state index in [1.165, 1.54) is 7.11 Å². The van der Waals surface area contributed by atoms with E-state index in [1.54, 1.807) is 25.1 Å². The second-order valence-electron chi connectivity index (χ2n) is 2.86. The molecule has 0 heterocycles. The summed E-state index contributed by atoms with van der Waals surface area (Å²) in [6, 6.07) is 5.07. The molecule has 0 bridgehead atoms. The topological polar surface area (TPSA) is 35.5 Å². The third-order valence-electron chi connectivity index (χ3n) is 1.73. The number of carbonyl (C=O) groups is 1. The third kappa shape index (κ3) is 3.39. The average Bonchev–Trinajstić information content (AvgIpc) is 2.20. The standard InChI is InChI=1S/C10H10BrClO3/c1-6(10(13)14-2)15-9-4-3-7(12)5-8(9)11/h3-6H,1-2H3/t6-/m0/s1. The molecule has 0 aliphatic carbocycles. The highest BCUT2D eigenvalue weighted by atomic mass is 79.9. The molecule has 0 aromatic heterocycles. The molecule has 0 radical (unpaired) electrons. The zero-order valence-corrected chi connectivity index (χ0v) is 10.6. The molecule has 0 spiro atoms. The largest absolute Gasteiger partial charge is 0.478 e. The van der Waals surface area contributed by atoms with Gasteiger partial charge in [-0.25, -0.2) is 4.79 Å². The Morgan fingerprint density at radius 3 is 2.73 bits per heavy atom. The predicted octanol–water partition coefficient (Wildman–Crippen LogP) is 3.04. The van der Waals surface area contributed by atoms with Gasteiger partial charge in [0.15, 0.2) is 6.10 Å². The number of carbonyl (C=O) groups excluding carboxylic acids is 1. The monoisotopic (exact) mass is 292 g/mol. The molecule has 0 saturated heterocycles. The Labute approximate surface area is 101 Å². The van der Waals surface area contributed by atoms with Gasteiger partial charge in [-0.1, -0.05) is 11.6 Å². The maximum absolute atomic E-state index is 11.1. The molecule has 0 aliphatic rings. The van der Waals surface area contributed by atoms with Crippen molar-refractivity contribution in [2.45, 2.75) is 13.0 Å². The molecular formula is C10H10BrClO3. The van der Waals surface area contributed by atoms with Gasteiger partial charge in [0.25, 0.3) is 0 Å². The van der Waals surface area contributed by atoms with Crippen LogP contribution in [0.5, 0.6) is 5.75 Å². The Balaban J connectivity index is 2.76. The van der Waals surface area contributed by atoms with Crippen molar-refractivity contribution in [1.82, 2.24) is 0 Å². The maximum atomic E-state index is 11.1. The Kier molecular flexibility index (Phi) is 4.42. The van der Waals surface area contributed by atoms with Crippen LogP contribution in [0.3, 0.4) is 0 Å². The summed E-state index contributed by atoms with van der Waals surface area (Å²) in [4.78, 5) is 11.1. The van der Waals surface area contributed by atoms with Crippen LogP contribution in [0.25, 0.3) is 0 Å². The Morgan fingerprint density at radius 2 is 2.20 bits per heavy atom. The normalized spacial score (nSPS) is 12.0. The zero-order valence-electron chi connectivity index (χ0n) is 8.29. The predicted molar refractivity (Wildman–Crippen MR) is 61.3 cm³/mol. The molecule has 0 amide bonds. The molecule has 1 aromatic carbocycles. The van der Waals surface area contributed by atoms with Gasteiger partial charge in [0.2, 0.25) is 0 Å². The number of methoxy groups -OCH3 is 1. The number of hydrogen-bond acceptors (Lipinski definition) is 3. The van der Waals surface area contributed by atoms with Crippen LogP contribution < -0.4 is 4.74 Å². The molecule has 0 unspecified atom stereocenters. The Morgan fingerprint density at radius 1 is 1.53 bits per heavy atom. The Hall–Kier alpha value is -0.740. The van der Waals surface area contributed by atoms with Gasteiger partial charge in [-0.05, 0) is 41.1 Å². The number of benzene rings is 1. The van der Waals surface area contributed by atoms with Gasteiger partial charge in [-0.3, -0.25) is 0 Å². The lowest BCUT2D eigenvalue weighted by Gasteiger charge is -2.13. The van der Waals surface area contributed by atoms with E-state index >= 15 is 0 Å². The fourth-order valence-corrected chi connectivity index (χ4v) is 1.75. The minimum atomic E-state index is -0.646. The summed E-state index contributed by atoms with van der Waals surface area (Å²) in [7, 11) is 1.32. The fraction of sp³-hybridized carbons (Fsp3) is 0.300. The van der Waals surface area contributed by atoms with Crippen LogP contribution in [-0.4, -0.2) is 19.2 Å². The Bertz CT molecular complexity index is 368. The van der Waals surface area contributed by atoms with Crippen molar-refractivity contribution in [2.75, 3.05) is 7.11 Å². The number of esters is 1. The van der Waals surface area contributed by atoms with Crippen LogP contribution >= 0.6 is 27.5 Å². The second-order valence-corrected chi connectivity index (χ2v) is 4.15. The fourth-order valence-electron chi connectivity index (χ4n) is 0.975. The van der Waals surface area contributed by atoms with Gasteiger partial charge in [0.1, 0.15) is 5.75 Å². The molecule has 1 rings (SSSR count). The third-order valence-corrected chi connectivity index (χ3v) is 2.59. The molecule has 1 atom stereocenters. The second kappa shape index (κ2) is 5.37. The summed E-state index contributed by atoms with van der Waals surface area (Å²) < 4.78 is 10.6. The first kappa shape index (κ1) is 12.3. The number of hydrogen-bond donors (Lipinski definition) is 0. The van der Waals surface area contributed by atoms with E-state index < -0.39 is 12.1 Å². The van der Waals surface area contributed by atoms with Crippen molar-refractivity contribution in [1.29, 1.82) is 0 Å². The van der Waals surface area contributed by atoms with Crippen LogP contribution in [0.15, 0.2) is 22.7 Å². The minimum absolute atomic E-state index is 0.420. The van der Waals surface area contributed by atoms with Crippen molar-refractivity contribution in [3.05, 3.63) is 27.7 Å². The SMILES string of the molecule is COC(=O)[C@H](C)Oc1ccc(Cl)cc1Br. The zero-order chi connectivity index (χ0) is 11.4. The first-order chi connectivity index (χ1) is 7.04. The lowest BCUT2D eigenvalue weighted by Crippen LogP contribution is -2.25. The van der Waals surface area contributed by atoms with E-state index in [0.717, 1.165) is 0 Å². The lowest BCUT2D eigenvalue weighted by molar-refractivity contribution is -0.147. The molecule has 0 aliphatic heterocycles. The molecule has 1 aromatic rings. The summed E-state index contributed by atoms with van der Waals surface area (Å²) >= 11 is 9.05. The van der Waals surface area contributed by atoms with Gasteiger partial charge < -0.3 is 9.47 Å². The van der Waals surface area contributed by atoms with E-state index in [0.29, 0.717) is 15.2 Å². The minimum Gasteiger partial charge on any atom is -0.478 e. The maximum Gasteiger partial charge on any atom is 0.346 e. The highest BCUT2D eigenvalue weighted by Crippen LogP contribution is 2.28. The van der Waals surface area contributed by atoms with E-state index in [4.69, 9.17) is 16.3 Å². The first-order valence-electron chi connectivity index (χ1n) is 4.24. The summed E-state index contributed by atoms with van der Waals surface area (Å²) in [6.07, 6.45) is -0.646. The van der Waals surface area contributed by atoms with Gasteiger partial charge in [0, 0.05) is 5.02 Å². The molecule has 5 heteroatoms. The number of rotatable bonds is 3. The smallest absolute Gasteiger partial charge is 0.346 e. The summed E-state index contributed by atoms with van der Waals surface area (Å²) in [5, 5.41) is 0.597. The van der Waals surface area contributed by atoms with Crippen molar-refractivity contribution < 1.29 is 14.3 Å². The van der Waals surface area contributed by atoms with E-state index in [1.807, 2.05) is 0 Å². The van der Waals surface area contributed by atoms with Crippen LogP contribution in [-0.2, 0) is 9.53 Å².